The number of hydrogen-bond acceptors (Lipinski definition) is 4. The van der Waals surface area contributed by atoms with Crippen molar-refractivity contribution in [2.24, 2.45) is 16.6 Å². The van der Waals surface area contributed by atoms with E-state index in [1.165, 1.54) is 23.9 Å². The van der Waals surface area contributed by atoms with Crippen molar-refractivity contribution in [3.05, 3.63) is 35.4 Å². The van der Waals surface area contributed by atoms with Crippen LogP contribution >= 0.6 is 11.8 Å². The molecule has 0 spiro atoms. The number of nitrogens with two attached hydrogens (primary N) is 1. The Kier molecular flexibility index (Phi) is 3.41. The van der Waals surface area contributed by atoms with Gasteiger partial charge >= 0.3 is 0 Å². The van der Waals surface area contributed by atoms with Crippen LogP contribution in [0.3, 0.4) is 0 Å². The summed E-state index contributed by atoms with van der Waals surface area (Å²) in [5, 5.41) is 0.285. The molecule has 20 heavy (non-hydrogen) atoms. The van der Waals surface area contributed by atoms with Gasteiger partial charge in [-0.2, -0.15) is 0 Å². The first-order valence-corrected chi connectivity index (χ1v) is 7.17. The zero-order chi connectivity index (χ0) is 14.3. The van der Waals surface area contributed by atoms with Crippen molar-refractivity contribution in [2.75, 3.05) is 19.0 Å². The van der Waals surface area contributed by atoms with E-state index in [1.54, 1.807) is 0 Å². The highest BCUT2D eigenvalue weighted by molar-refractivity contribution is 8.13. The van der Waals surface area contributed by atoms with Crippen molar-refractivity contribution in [1.82, 2.24) is 0 Å². The van der Waals surface area contributed by atoms with Gasteiger partial charge in [0.1, 0.15) is 12.2 Å². The van der Waals surface area contributed by atoms with Crippen molar-refractivity contribution >= 4 is 16.9 Å². The Morgan fingerprint density at radius 2 is 2.25 bits per heavy atom. The minimum atomic E-state index is -1.13. The first-order valence-electron chi connectivity index (χ1n) is 6.18. The third-order valence-corrected chi connectivity index (χ3v) is 4.78. The largest absolute Gasteiger partial charge is 0.379 e. The fourth-order valence-corrected chi connectivity index (χ4v) is 3.93. The summed E-state index contributed by atoms with van der Waals surface area (Å²) in [4.78, 5) is 4.31. The van der Waals surface area contributed by atoms with E-state index < -0.39 is 30.0 Å². The average molecular weight is 302 g/mol. The van der Waals surface area contributed by atoms with Gasteiger partial charge in [-0.05, 0) is 6.07 Å². The van der Waals surface area contributed by atoms with Gasteiger partial charge in [0.05, 0.1) is 12.7 Å². The standard InChI is InChI=1S/C13H13F3N2OS/c14-4-10-8-5-20-12(17)18-13(8,6-19-10)7-2-1-3-9(15)11(7)16/h1-3,8,10H,4-6H2,(H2,17,18)/t8-,10?,13-/m1/s1. The van der Waals surface area contributed by atoms with E-state index in [4.69, 9.17) is 10.5 Å². The molecule has 2 heterocycles. The summed E-state index contributed by atoms with van der Waals surface area (Å²) in [6.07, 6.45) is -0.665. The Morgan fingerprint density at radius 3 is 3.00 bits per heavy atom. The number of aliphatic imine (C=N–C) groups is 1. The van der Waals surface area contributed by atoms with Crippen LogP contribution in [0.4, 0.5) is 13.2 Å². The smallest absolute Gasteiger partial charge is 0.164 e. The normalized spacial score (nSPS) is 32.9. The van der Waals surface area contributed by atoms with Gasteiger partial charge in [-0.15, -0.1) is 0 Å². The van der Waals surface area contributed by atoms with Crippen molar-refractivity contribution in [2.45, 2.75) is 11.6 Å². The Morgan fingerprint density at radius 1 is 1.45 bits per heavy atom. The van der Waals surface area contributed by atoms with Crippen LogP contribution in [0.1, 0.15) is 5.56 Å². The minimum Gasteiger partial charge on any atom is -0.379 e. The van der Waals surface area contributed by atoms with Crippen LogP contribution in [-0.2, 0) is 10.3 Å². The molecule has 2 aliphatic rings. The molecule has 3 atom stereocenters. The van der Waals surface area contributed by atoms with Gasteiger partial charge < -0.3 is 10.5 Å². The SMILES string of the molecule is NC1=N[C@@]2(c3cccc(F)c3F)COC(CF)[C@H]2CS1. The van der Waals surface area contributed by atoms with Crippen molar-refractivity contribution in [3.63, 3.8) is 0 Å². The average Bonchev–Trinajstić information content (AvgIpc) is 2.80. The second-order valence-corrected chi connectivity index (χ2v) is 5.94. The molecule has 1 aromatic rings. The third-order valence-electron chi connectivity index (χ3n) is 3.87. The van der Waals surface area contributed by atoms with E-state index in [1.807, 2.05) is 0 Å². The Labute approximate surface area is 118 Å². The monoisotopic (exact) mass is 302 g/mol. The Balaban J connectivity index is 2.16. The third kappa shape index (κ3) is 1.91. The minimum absolute atomic E-state index is 0.00782. The number of hydrogen-bond donors (Lipinski definition) is 1. The van der Waals surface area contributed by atoms with Crippen molar-refractivity contribution < 1.29 is 17.9 Å². The Hall–Kier alpha value is -1.21. The van der Waals surface area contributed by atoms with Gasteiger partial charge in [0.15, 0.2) is 16.8 Å². The molecular formula is C13H13F3N2OS. The number of rotatable bonds is 2. The number of alkyl halides is 1. The molecule has 1 unspecified atom stereocenters. The number of amidine groups is 1. The molecule has 2 N–H and O–H groups in total. The first kappa shape index (κ1) is 13.8. The quantitative estimate of drug-likeness (QED) is 0.911. The molecule has 7 heteroatoms. The van der Waals surface area contributed by atoms with Gasteiger partial charge in [0, 0.05) is 17.2 Å². The molecule has 3 rings (SSSR count). The molecule has 1 saturated heterocycles. The summed E-state index contributed by atoms with van der Waals surface area (Å²) in [5.41, 5.74) is 4.69. The second kappa shape index (κ2) is 4.96. The zero-order valence-corrected chi connectivity index (χ0v) is 11.3. The van der Waals surface area contributed by atoms with Crippen LogP contribution in [0.15, 0.2) is 23.2 Å². The molecule has 3 nitrogen and oxygen atoms in total. The lowest BCUT2D eigenvalue weighted by atomic mass is 9.79. The van der Waals surface area contributed by atoms with Gasteiger partial charge in [0.2, 0.25) is 0 Å². The number of ether oxygens (including phenoxy) is 1. The molecule has 0 bridgehead atoms. The van der Waals surface area contributed by atoms with Crippen LogP contribution in [0.2, 0.25) is 0 Å². The highest BCUT2D eigenvalue weighted by atomic mass is 32.2. The highest BCUT2D eigenvalue weighted by Crippen LogP contribution is 2.48. The number of benzene rings is 1. The maximum atomic E-state index is 14.1. The topological polar surface area (TPSA) is 47.6 Å². The molecule has 108 valence electrons. The Bertz CT molecular complexity index is 569. The second-order valence-electron chi connectivity index (χ2n) is 4.90. The summed E-state index contributed by atoms with van der Waals surface area (Å²) in [5.74, 6) is -1.81. The number of nitrogens with zero attached hydrogens (tertiary/aromatic N) is 1. The van der Waals surface area contributed by atoms with E-state index in [9.17, 15) is 13.2 Å². The number of halogens is 3. The van der Waals surface area contributed by atoms with Crippen LogP contribution in [-0.4, -0.2) is 30.3 Å². The summed E-state index contributed by atoms with van der Waals surface area (Å²) in [7, 11) is 0. The zero-order valence-electron chi connectivity index (χ0n) is 10.5. The fraction of sp³-hybridized carbons (Fsp3) is 0.462. The van der Waals surface area contributed by atoms with E-state index in [0.29, 0.717) is 5.75 Å². The van der Waals surface area contributed by atoms with E-state index in [-0.39, 0.29) is 23.3 Å². The molecule has 0 radical (unpaired) electrons. The molecule has 0 amide bonds. The molecule has 1 aromatic carbocycles. The van der Waals surface area contributed by atoms with Crippen molar-refractivity contribution in [1.29, 1.82) is 0 Å². The molecule has 2 aliphatic heterocycles. The van der Waals surface area contributed by atoms with E-state index in [2.05, 4.69) is 4.99 Å². The van der Waals surface area contributed by atoms with Gasteiger partial charge in [-0.3, -0.25) is 0 Å². The van der Waals surface area contributed by atoms with Gasteiger partial charge in [-0.25, -0.2) is 18.2 Å². The van der Waals surface area contributed by atoms with Crippen LogP contribution in [0.5, 0.6) is 0 Å². The summed E-state index contributed by atoms with van der Waals surface area (Å²) < 4.78 is 46.1. The van der Waals surface area contributed by atoms with E-state index >= 15 is 0 Å². The van der Waals surface area contributed by atoms with Gasteiger partial charge in [0.25, 0.3) is 0 Å². The van der Waals surface area contributed by atoms with Crippen LogP contribution in [0.25, 0.3) is 0 Å². The lowest BCUT2D eigenvalue weighted by Crippen LogP contribution is -2.42. The lowest BCUT2D eigenvalue weighted by molar-refractivity contribution is 0.0721. The highest BCUT2D eigenvalue weighted by Gasteiger charge is 2.54. The maximum absolute atomic E-state index is 14.1. The summed E-state index contributed by atoms with van der Waals surface area (Å²) >= 11 is 1.28. The summed E-state index contributed by atoms with van der Waals surface area (Å²) in [6.45, 7) is -0.673. The predicted molar refractivity (Wildman–Crippen MR) is 71.3 cm³/mol. The molecule has 0 aliphatic carbocycles. The van der Waals surface area contributed by atoms with Crippen molar-refractivity contribution in [3.8, 4) is 0 Å². The maximum Gasteiger partial charge on any atom is 0.164 e. The van der Waals surface area contributed by atoms with E-state index in [0.717, 1.165) is 6.07 Å². The lowest BCUT2D eigenvalue weighted by Gasteiger charge is -2.35. The first-order chi connectivity index (χ1) is 9.58. The molecule has 1 fully saturated rings. The summed E-state index contributed by atoms with van der Waals surface area (Å²) in [6, 6.07) is 3.91. The van der Waals surface area contributed by atoms with Crippen LogP contribution < -0.4 is 5.73 Å². The predicted octanol–water partition coefficient (Wildman–Crippen LogP) is 2.21. The van der Waals surface area contributed by atoms with Crippen LogP contribution in [0, 0.1) is 17.6 Å². The molecule has 0 saturated carbocycles. The number of thioether (sulfide) groups is 1. The fourth-order valence-electron chi connectivity index (χ4n) is 2.86. The number of fused-ring (bicyclic) bond motifs is 1. The van der Waals surface area contributed by atoms with Gasteiger partial charge in [-0.1, -0.05) is 23.9 Å². The molecular weight excluding hydrogens is 289 g/mol. The molecule has 0 aromatic heterocycles.